The zero-order valence-electron chi connectivity index (χ0n) is 14.1. The molecule has 4 nitrogen and oxygen atoms in total. The summed E-state index contributed by atoms with van der Waals surface area (Å²) in [5.74, 6) is 0. The standard InChI is InChI=1S/C20H25N4/c1-6-12-22(13-7-1)14-15-23-17-24(16-18-8-4-5-11-21-18)20-10-3-2-9-19(20)23/h2-5,8-11,17H,1,6-7,12-16H2. The summed E-state index contributed by atoms with van der Waals surface area (Å²) in [6.07, 6.45) is 5.97. The van der Waals surface area contributed by atoms with E-state index in [9.17, 15) is 0 Å². The number of likely N-dealkylation sites (tertiary alicyclic amines) is 1. The maximum atomic E-state index is 4.47. The molecule has 1 aromatic carbocycles. The van der Waals surface area contributed by atoms with Gasteiger partial charge in [-0.15, -0.1) is 0 Å². The zero-order chi connectivity index (χ0) is 16.2. The van der Waals surface area contributed by atoms with E-state index in [2.05, 4.69) is 62.8 Å². The normalized spacial score (nSPS) is 18.0. The zero-order valence-corrected chi connectivity index (χ0v) is 14.1. The molecule has 24 heavy (non-hydrogen) atoms. The number of aromatic nitrogens is 1. The Hall–Kier alpha value is -2.07. The predicted molar refractivity (Wildman–Crippen MR) is 98.8 cm³/mol. The van der Waals surface area contributed by atoms with Crippen molar-refractivity contribution in [1.82, 2.24) is 9.88 Å². The molecule has 0 N–H and O–H groups in total. The molecule has 2 aromatic rings. The monoisotopic (exact) mass is 321 g/mol. The van der Waals surface area contributed by atoms with Crippen LogP contribution in [0.4, 0.5) is 11.4 Å². The highest BCUT2D eigenvalue weighted by Gasteiger charge is 2.26. The van der Waals surface area contributed by atoms with Crippen molar-refractivity contribution in [2.45, 2.75) is 25.8 Å². The number of hydrogen-bond donors (Lipinski definition) is 0. The summed E-state index contributed by atoms with van der Waals surface area (Å²) < 4.78 is 0. The van der Waals surface area contributed by atoms with Crippen LogP contribution >= 0.6 is 0 Å². The molecule has 125 valence electrons. The Morgan fingerprint density at radius 1 is 0.792 bits per heavy atom. The Labute approximate surface area is 144 Å². The van der Waals surface area contributed by atoms with E-state index >= 15 is 0 Å². The van der Waals surface area contributed by atoms with E-state index in [4.69, 9.17) is 0 Å². The van der Waals surface area contributed by atoms with E-state index in [1.54, 1.807) is 0 Å². The van der Waals surface area contributed by atoms with Crippen molar-refractivity contribution in [3.63, 3.8) is 0 Å². The Morgan fingerprint density at radius 3 is 2.29 bits per heavy atom. The highest BCUT2D eigenvalue weighted by Crippen LogP contribution is 2.38. The van der Waals surface area contributed by atoms with Gasteiger partial charge < -0.3 is 14.7 Å². The predicted octanol–water partition coefficient (Wildman–Crippen LogP) is 3.51. The fraction of sp³-hybridized carbons (Fsp3) is 0.400. The van der Waals surface area contributed by atoms with Crippen molar-refractivity contribution in [1.29, 1.82) is 0 Å². The summed E-state index contributed by atoms with van der Waals surface area (Å²) in [4.78, 5) is 11.8. The molecule has 1 radical (unpaired) electrons. The second-order valence-electron chi connectivity index (χ2n) is 6.65. The molecule has 1 fully saturated rings. The average molecular weight is 321 g/mol. The number of anilines is 2. The first-order valence-corrected chi connectivity index (χ1v) is 9.00. The summed E-state index contributed by atoms with van der Waals surface area (Å²) in [7, 11) is 0. The number of hydrogen-bond acceptors (Lipinski definition) is 4. The minimum absolute atomic E-state index is 0.818. The second kappa shape index (κ2) is 7.22. The van der Waals surface area contributed by atoms with Crippen LogP contribution in [-0.2, 0) is 6.54 Å². The molecule has 0 saturated carbocycles. The topological polar surface area (TPSA) is 22.6 Å². The summed E-state index contributed by atoms with van der Waals surface area (Å²) in [5, 5.41) is 0. The van der Waals surface area contributed by atoms with Crippen molar-refractivity contribution in [2.24, 2.45) is 0 Å². The van der Waals surface area contributed by atoms with E-state index in [1.165, 1.54) is 43.7 Å². The van der Waals surface area contributed by atoms with E-state index in [0.29, 0.717) is 0 Å². The Morgan fingerprint density at radius 2 is 1.54 bits per heavy atom. The first kappa shape index (κ1) is 15.5. The van der Waals surface area contributed by atoms with Gasteiger partial charge in [0.2, 0.25) is 0 Å². The summed E-state index contributed by atoms with van der Waals surface area (Å²) in [5.41, 5.74) is 3.69. The lowest BCUT2D eigenvalue weighted by Gasteiger charge is -2.29. The van der Waals surface area contributed by atoms with Gasteiger partial charge >= 0.3 is 0 Å². The maximum Gasteiger partial charge on any atom is 0.142 e. The Bertz CT molecular complexity index is 652. The van der Waals surface area contributed by atoms with Crippen LogP contribution in [0.3, 0.4) is 0 Å². The Kier molecular flexibility index (Phi) is 4.65. The lowest BCUT2D eigenvalue weighted by molar-refractivity contribution is 0.234. The number of benzene rings is 1. The summed E-state index contributed by atoms with van der Waals surface area (Å²) >= 11 is 0. The Balaban J connectivity index is 1.44. The molecule has 3 heterocycles. The quantitative estimate of drug-likeness (QED) is 0.840. The van der Waals surface area contributed by atoms with E-state index in [1.807, 2.05) is 12.3 Å². The third kappa shape index (κ3) is 3.39. The van der Waals surface area contributed by atoms with Crippen molar-refractivity contribution in [2.75, 3.05) is 36.0 Å². The minimum atomic E-state index is 0.818. The van der Waals surface area contributed by atoms with Gasteiger partial charge in [-0.3, -0.25) is 4.98 Å². The SMILES string of the molecule is [CH]1N(CCN2CCCCC2)c2ccccc2N1Cc1ccccn1. The summed E-state index contributed by atoms with van der Waals surface area (Å²) in [6.45, 7) is 7.78. The molecule has 4 rings (SSSR count). The number of fused-ring (bicyclic) bond motifs is 1. The molecule has 4 heteroatoms. The van der Waals surface area contributed by atoms with E-state index in [-0.39, 0.29) is 0 Å². The van der Waals surface area contributed by atoms with Gasteiger partial charge in [0.1, 0.15) is 6.67 Å². The lowest BCUT2D eigenvalue weighted by Crippen LogP contribution is -2.37. The molecule has 0 spiro atoms. The van der Waals surface area contributed by atoms with Crippen LogP contribution in [-0.4, -0.2) is 36.1 Å². The lowest BCUT2D eigenvalue weighted by atomic mass is 10.1. The van der Waals surface area contributed by atoms with Crippen molar-refractivity contribution in [3.05, 3.63) is 61.0 Å². The molecular formula is C20H25N4. The van der Waals surface area contributed by atoms with Gasteiger partial charge in [-0.25, -0.2) is 0 Å². The highest BCUT2D eigenvalue weighted by molar-refractivity contribution is 5.78. The van der Waals surface area contributed by atoms with Crippen molar-refractivity contribution in [3.8, 4) is 0 Å². The first-order valence-electron chi connectivity index (χ1n) is 9.00. The fourth-order valence-corrected chi connectivity index (χ4v) is 3.65. The van der Waals surface area contributed by atoms with E-state index in [0.717, 1.165) is 25.3 Å². The molecule has 0 aliphatic carbocycles. The molecule has 0 unspecified atom stereocenters. The molecule has 2 aliphatic rings. The second-order valence-corrected chi connectivity index (χ2v) is 6.65. The molecule has 2 aliphatic heterocycles. The van der Waals surface area contributed by atoms with Gasteiger partial charge in [0.15, 0.2) is 0 Å². The number of rotatable bonds is 5. The largest absolute Gasteiger partial charge is 0.345 e. The maximum absolute atomic E-state index is 4.47. The number of piperidine rings is 1. The third-order valence-electron chi connectivity index (χ3n) is 4.94. The number of pyridine rings is 1. The molecule has 0 bridgehead atoms. The number of para-hydroxylation sites is 2. The van der Waals surface area contributed by atoms with Crippen LogP contribution in [0.15, 0.2) is 48.7 Å². The van der Waals surface area contributed by atoms with Crippen LogP contribution in [0.2, 0.25) is 0 Å². The van der Waals surface area contributed by atoms with Gasteiger partial charge in [-0.1, -0.05) is 24.6 Å². The molecule has 0 amide bonds. The number of nitrogens with zero attached hydrogens (tertiary/aromatic N) is 4. The van der Waals surface area contributed by atoms with Crippen molar-refractivity contribution < 1.29 is 0 Å². The molecule has 1 saturated heterocycles. The van der Waals surface area contributed by atoms with Gasteiger partial charge in [-0.05, 0) is 50.2 Å². The molecular weight excluding hydrogens is 296 g/mol. The molecule has 1 aromatic heterocycles. The van der Waals surface area contributed by atoms with Gasteiger partial charge in [0.05, 0.1) is 23.6 Å². The first-order chi connectivity index (χ1) is 11.9. The van der Waals surface area contributed by atoms with Gasteiger partial charge in [-0.2, -0.15) is 0 Å². The van der Waals surface area contributed by atoms with Crippen LogP contribution in [0.1, 0.15) is 25.0 Å². The smallest absolute Gasteiger partial charge is 0.142 e. The third-order valence-corrected chi connectivity index (χ3v) is 4.94. The van der Waals surface area contributed by atoms with Gasteiger partial charge in [0.25, 0.3) is 0 Å². The molecule has 0 atom stereocenters. The van der Waals surface area contributed by atoms with Crippen LogP contribution in [0.25, 0.3) is 0 Å². The summed E-state index contributed by atoms with van der Waals surface area (Å²) in [6, 6.07) is 14.8. The average Bonchev–Trinajstić information content (AvgIpc) is 3.00. The van der Waals surface area contributed by atoms with Crippen molar-refractivity contribution >= 4 is 11.4 Å². The highest BCUT2D eigenvalue weighted by atomic mass is 15.4. The fourth-order valence-electron chi connectivity index (χ4n) is 3.65. The van der Waals surface area contributed by atoms with Crippen LogP contribution in [0, 0.1) is 6.67 Å². The minimum Gasteiger partial charge on any atom is -0.345 e. The van der Waals surface area contributed by atoms with Gasteiger partial charge in [0, 0.05) is 19.3 Å². The van der Waals surface area contributed by atoms with Crippen LogP contribution in [0.5, 0.6) is 0 Å². The van der Waals surface area contributed by atoms with Crippen LogP contribution < -0.4 is 9.80 Å². The van der Waals surface area contributed by atoms with E-state index < -0.39 is 0 Å².